The van der Waals surface area contributed by atoms with Crippen LogP contribution in [0.4, 0.5) is 0 Å². The quantitative estimate of drug-likeness (QED) is 0.702. The summed E-state index contributed by atoms with van der Waals surface area (Å²) in [5, 5.41) is 0. The van der Waals surface area contributed by atoms with Gasteiger partial charge in [-0.05, 0) is 32.8 Å². The molecule has 134 valence electrons. The molecule has 1 rings (SSSR count). The number of benzene rings is 1. The number of carbonyl (C=O) groups is 1. The van der Waals surface area contributed by atoms with E-state index in [0.717, 1.165) is 12.2 Å². The third-order valence-corrected chi connectivity index (χ3v) is 5.75. The number of hydrogen-bond donors (Lipinski definition) is 1. The fraction of sp³-hybridized carbons (Fsp3) is 0.650. The van der Waals surface area contributed by atoms with E-state index in [0.29, 0.717) is 0 Å². The van der Waals surface area contributed by atoms with Crippen LogP contribution in [-0.2, 0) is 10.5 Å². The van der Waals surface area contributed by atoms with Gasteiger partial charge in [0.1, 0.15) is 0 Å². The van der Waals surface area contributed by atoms with Gasteiger partial charge in [-0.15, -0.1) is 11.8 Å². The number of aryl methyl sites for hydroxylation is 1. The SMILES string of the molecule is CC.CCC(C)(C)C(=O)C(N)C(C)(C)SCc1cccc(C)c1.[HH]. The van der Waals surface area contributed by atoms with Crippen molar-refractivity contribution in [1.82, 2.24) is 0 Å². The standard InChI is InChI=1S/C18H29NOS.C2H6.H2/c1-7-17(3,4)16(20)15(19)18(5,6)21-12-14-10-8-9-13(2)11-14;1-2;/h8-11,15H,7,12,19H2,1-6H3;1-2H3;1H. The highest BCUT2D eigenvalue weighted by Gasteiger charge is 2.39. The van der Waals surface area contributed by atoms with Gasteiger partial charge in [0.15, 0.2) is 5.78 Å². The lowest BCUT2D eigenvalue weighted by atomic mass is 9.79. The van der Waals surface area contributed by atoms with Crippen molar-refractivity contribution < 1.29 is 6.22 Å². The molecule has 0 bridgehead atoms. The van der Waals surface area contributed by atoms with Gasteiger partial charge in [0.05, 0.1) is 6.04 Å². The Morgan fingerprint density at radius 3 is 2.30 bits per heavy atom. The van der Waals surface area contributed by atoms with Crippen LogP contribution in [0.3, 0.4) is 0 Å². The molecular formula is C20H37NOS. The summed E-state index contributed by atoms with van der Waals surface area (Å²) in [6, 6.07) is 8.04. The van der Waals surface area contributed by atoms with E-state index in [4.69, 9.17) is 5.73 Å². The second kappa shape index (κ2) is 9.48. The van der Waals surface area contributed by atoms with Gasteiger partial charge in [-0.2, -0.15) is 0 Å². The number of hydrogen-bond acceptors (Lipinski definition) is 3. The van der Waals surface area contributed by atoms with Crippen LogP contribution >= 0.6 is 11.8 Å². The molecule has 0 amide bonds. The minimum absolute atomic E-state index is 0. The van der Waals surface area contributed by atoms with E-state index in [1.807, 2.05) is 34.6 Å². The summed E-state index contributed by atoms with van der Waals surface area (Å²) in [5.74, 6) is 1.04. The molecule has 0 saturated carbocycles. The lowest BCUT2D eigenvalue weighted by molar-refractivity contribution is -0.129. The summed E-state index contributed by atoms with van der Waals surface area (Å²) in [7, 11) is 0. The zero-order valence-corrected chi connectivity index (χ0v) is 17.0. The summed E-state index contributed by atoms with van der Waals surface area (Å²) >= 11 is 1.76. The van der Waals surface area contributed by atoms with Crippen LogP contribution in [0.5, 0.6) is 0 Å². The van der Waals surface area contributed by atoms with E-state index in [2.05, 4.69) is 45.0 Å². The molecule has 0 fully saturated rings. The van der Waals surface area contributed by atoms with Gasteiger partial charge in [-0.25, -0.2) is 0 Å². The monoisotopic (exact) mass is 339 g/mol. The van der Waals surface area contributed by atoms with Crippen molar-refractivity contribution in [2.45, 2.75) is 78.4 Å². The first-order chi connectivity index (χ1) is 10.6. The van der Waals surface area contributed by atoms with Crippen molar-refractivity contribution in [3.05, 3.63) is 35.4 Å². The average molecular weight is 340 g/mol. The maximum Gasteiger partial charge on any atom is 0.156 e. The number of Topliss-reactive ketones (excluding diaryl/α,β-unsaturated/α-hetero) is 1. The second-order valence-electron chi connectivity index (χ2n) is 6.96. The van der Waals surface area contributed by atoms with E-state index in [-0.39, 0.29) is 17.4 Å². The topological polar surface area (TPSA) is 43.1 Å². The summed E-state index contributed by atoms with van der Waals surface area (Å²) in [6.07, 6.45) is 0.818. The summed E-state index contributed by atoms with van der Waals surface area (Å²) in [4.78, 5) is 12.6. The van der Waals surface area contributed by atoms with Crippen LogP contribution in [0.1, 0.15) is 67.4 Å². The van der Waals surface area contributed by atoms with Gasteiger partial charge in [-0.1, -0.05) is 64.4 Å². The summed E-state index contributed by atoms with van der Waals surface area (Å²) in [6.45, 7) is 16.2. The molecule has 0 aliphatic rings. The Hall–Kier alpha value is -0.800. The maximum absolute atomic E-state index is 12.6. The van der Waals surface area contributed by atoms with E-state index in [9.17, 15) is 4.79 Å². The molecule has 0 radical (unpaired) electrons. The third kappa shape index (κ3) is 6.68. The van der Waals surface area contributed by atoms with Crippen LogP contribution in [0.25, 0.3) is 0 Å². The predicted octanol–water partition coefficient (Wildman–Crippen LogP) is 5.61. The normalized spacial score (nSPS) is 13.1. The molecule has 0 spiro atoms. The summed E-state index contributed by atoms with van der Waals surface area (Å²) < 4.78 is -0.271. The Morgan fingerprint density at radius 1 is 1.26 bits per heavy atom. The molecule has 0 aliphatic carbocycles. The number of ketones is 1. The molecule has 0 aliphatic heterocycles. The minimum Gasteiger partial charge on any atom is -0.320 e. The van der Waals surface area contributed by atoms with Crippen molar-refractivity contribution in [2.75, 3.05) is 0 Å². The zero-order valence-electron chi connectivity index (χ0n) is 16.2. The fourth-order valence-electron chi connectivity index (χ4n) is 2.07. The van der Waals surface area contributed by atoms with Crippen LogP contribution in [0.15, 0.2) is 24.3 Å². The van der Waals surface area contributed by atoms with Crippen molar-refractivity contribution in [2.24, 2.45) is 11.1 Å². The average Bonchev–Trinajstić information content (AvgIpc) is 2.53. The minimum atomic E-state index is -0.442. The highest BCUT2D eigenvalue weighted by molar-refractivity contribution is 7.99. The first-order valence-electron chi connectivity index (χ1n) is 8.59. The van der Waals surface area contributed by atoms with Crippen LogP contribution in [0.2, 0.25) is 0 Å². The summed E-state index contributed by atoms with van der Waals surface area (Å²) in [5.41, 5.74) is 8.48. The van der Waals surface area contributed by atoms with Gasteiger partial charge >= 0.3 is 0 Å². The van der Waals surface area contributed by atoms with Crippen molar-refractivity contribution in [3.8, 4) is 0 Å². The van der Waals surface area contributed by atoms with E-state index >= 15 is 0 Å². The van der Waals surface area contributed by atoms with Crippen molar-refractivity contribution in [1.29, 1.82) is 0 Å². The second-order valence-corrected chi connectivity index (χ2v) is 8.59. The first-order valence-corrected chi connectivity index (χ1v) is 9.58. The van der Waals surface area contributed by atoms with Gasteiger partial charge in [0.2, 0.25) is 0 Å². The van der Waals surface area contributed by atoms with Gasteiger partial charge < -0.3 is 5.73 Å². The molecule has 1 aromatic rings. The van der Waals surface area contributed by atoms with Gasteiger partial charge in [-0.3, -0.25) is 4.79 Å². The van der Waals surface area contributed by atoms with Crippen molar-refractivity contribution >= 4 is 17.5 Å². The molecule has 0 heterocycles. The van der Waals surface area contributed by atoms with Crippen LogP contribution in [0, 0.1) is 12.3 Å². The van der Waals surface area contributed by atoms with Gasteiger partial charge in [0, 0.05) is 17.3 Å². The molecule has 23 heavy (non-hydrogen) atoms. The molecule has 1 aromatic carbocycles. The highest BCUT2D eigenvalue weighted by Crippen LogP contribution is 2.34. The molecule has 3 heteroatoms. The lowest BCUT2D eigenvalue weighted by Crippen LogP contribution is -2.51. The molecule has 1 atom stereocenters. The van der Waals surface area contributed by atoms with Crippen molar-refractivity contribution in [3.63, 3.8) is 0 Å². The van der Waals surface area contributed by atoms with E-state index < -0.39 is 6.04 Å². The molecule has 0 saturated heterocycles. The van der Waals surface area contributed by atoms with E-state index in [1.54, 1.807) is 11.8 Å². The number of carbonyl (C=O) groups excluding carboxylic acids is 1. The Bertz CT molecular complexity index is 500. The molecule has 1 unspecified atom stereocenters. The first kappa shape index (κ1) is 22.2. The van der Waals surface area contributed by atoms with Crippen LogP contribution < -0.4 is 5.73 Å². The van der Waals surface area contributed by atoms with Crippen LogP contribution in [-0.4, -0.2) is 16.6 Å². The number of thioether (sulfide) groups is 1. The Kier molecular flexibility index (Phi) is 9.15. The predicted molar refractivity (Wildman–Crippen MR) is 107 cm³/mol. The Labute approximate surface area is 149 Å². The highest BCUT2D eigenvalue weighted by atomic mass is 32.2. The van der Waals surface area contributed by atoms with Gasteiger partial charge in [0.25, 0.3) is 0 Å². The fourth-order valence-corrected chi connectivity index (χ4v) is 3.08. The largest absolute Gasteiger partial charge is 0.320 e. The lowest BCUT2D eigenvalue weighted by Gasteiger charge is -2.35. The number of rotatable bonds is 7. The molecule has 2 N–H and O–H groups in total. The molecule has 0 aromatic heterocycles. The smallest absolute Gasteiger partial charge is 0.156 e. The number of nitrogens with two attached hydrogens (primary N) is 1. The Balaban J connectivity index is 0. The van der Waals surface area contributed by atoms with E-state index in [1.165, 1.54) is 11.1 Å². The molecular weight excluding hydrogens is 302 g/mol. The molecule has 2 nitrogen and oxygen atoms in total. The third-order valence-electron chi connectivity index (χ3n) is 4.28. The zero-order chi connectivity index (χ0) is 18.3. The Morgan fingerprint density at radius 2 is 1.83 bits per heavy atom. The maximum atomic E-state index is 12.6.